The van der Waals surface area contributed by atoms with Crippen molar-refractivity contribution >= 4 is 13.4 Å². The molecule has 1 aromatic heterocycles. The van der Waals surface area contributed by atoms with E-state index in [0.29, 0.717) is 0 Å². The fourth-order valence-electron chi connectivity index (χ4n) is 1.47. The third-order valence-electron chi connectivity index (χ3n) is 2.06. The van der Waals surface area contributed by atoms with Gasteiger partial charge in [-0.15, -0.1) is 0 Å². The van der Waals surface area contributed by atoms with Crippen LogP contribution in [0.15, 0.2) is 35.2 Å². The van der Waals surface area contributed by atoms with Crippen LogP contribution >= 0.6 is 7.81 Å². The molecule has 104 valence electrons. The van der Waals surface area contributed by atoms with Crippen LogP contribution in [0.25, 0.3) is 5.57 Å². The van der Waals surface area contributed by atoms with E-state index in [4.69, 9.17) is 4.42 Å². The van der Waals surface area contributed by atoms with E-state index in [2.05, 4.69) is 6.08 Å². The van der Waals surface area contributed by atoms with Gasteiger partial charge in [-0.3, -0.25) is 0 Å². The summed E-state index contributed by atoms with van der Waals surface area (Å²) in [6, 6.07) is 4.05. The molecule has 1 nitrogen and oxygen atoms in total. The average molecular weight is 292 g/mol. The first-order valence-electron chi connectivity index (χ1n) is 5.03. The number of rotatable bonds is 1. The van der Waals surface area contributed by atoms with Gasteiger partial charge >= 0.3 is 45.5 Å². The molecule has 0 radical (unpaired) electrons. The van der Waals surface area contributed by atoms with Crippen molar-refractivity contribution in [3.8, 4) is 0 Å². The van der Waals surface area contributed by atoms with E-state index >= 15 is 0 Å². The van der Waals surface area contributed by atoms with Gasteiger partial charge < -0.3 is 0 Å². The molecule has 1 aliphatic carbocycles. The quantitative estimate of drug-likeness (QED) is 0.326. The van der Waals surface area contributed by atoms with Crippen molar-refractivity contribution < 1.29 is 29.6 Å². The van der Waals surface area contributed by atoms with Crippen LogP contribution in [0.5, 0.6) is 0 Å². The molecule has 0 saturated heterocycles. The van der Waals surface area contributed by atoms with Crippen LogP contribution in [0, 0.1) is 0 Å². The molecular weight excluding hydrogens is 281 g/mol. The molecule has 0 aliphatic heterocycles. The van der Waals surface area contributed by atoms with Crippen LogP contribution in [0.1, 0.15) is 24.8 Å². The van der Waals surface area contributed by atoms with Crippen LogP contribution < -0.4 is 0 Å². The summed E-state index contributed by atoms with van der Waals surface area (Å²) in [5, 5.41) is 0. The summed E-state index contributed by atoms with van der Waals surface area (Å²) in [4.78, 5) is 0. The van der Waals surface area contributed by atoms with Crippen molar-refractivity contribution in [2.24, 2.45) is 0 Å². The van der Waals surface area contributed by atoms with Crippen LogP contribution in [0.2, 0.25) is 0 Å². The molecule has 0 saturated carbocycles. The molecule has 0 atom stereocenters. The van der Waals surface area contributed by atoms with E-state index in [1.54, 1.807) is 12.5 Å². The van der Waals surface area contributed by atoms with Gasteiger partial charge in [0.05, 0.1) is 0 Å². The van der Waals surface area contributed by atoms with E-state index in [-0.39, 0.29) is 0 Å². The van der Waals surface area contributed by atoms with Gasteiger partial charge in [0.2, 0.25) is 0 Å². The second-order valence-corrected chi connectivity index (χ2v) is 5.69. The maximum atomic E-state index is 9.87. The topological polar surface area (TPSA) is 11.3 Å². The van der Waals surface area contributed by atoms with E-state index in [0.717, 1.165) is 0 Å². The predicted octanol–water partition coefficient (Wildman–Crippen LogP) is 6.51. The van der Waals surface area contributed by atoms with Gasteiger partial charge in [-0.2, -0.15) is 0 Å². The Labute approximate surface area is 99.4 Å². The molecular formula is C10H11F6OP. The molecule has 0 bridgehead atoms. The van der Waals surface area contributed by atoms with Crippen molar-refractivity contribution in [3.05, 3.63) is 36.3 Å². The third kappa shape index (κ3) is 8.98. The summed E-state index contributed by atoms with van der Waals surface area (Å²) in [6.45, 7) is 0. The van der Waals surface area contributed by atoms with E-state index < -0.39 is 7.81 Å². The molecule has 0 N–H and O–H groups in total. The summed E-state index contributed by atoms with van der Waals surface area (Å²) in [7, 11) is -10.7. The Kier molecular flexibility index (Phi) is 3.51. The number of allylic oxidation sites excluding steroid dienone is 2. The normalized spacial score (nSPS) is 19.1. The Morgan fingerprint density at radius 1 is 0.944 bits per heavy atom. The standard InChI is InChI=1S/C10H11O.F6P/c1-2-4-9(3-1)10-5-7-11-8-6-10;1-7(2,3,4,5)6/h3,5-8H,1-2,4H2;/q+1;-1. The van der Waals surface area contributed by atoms with Crippen molar-refractivity contribution in [2.75, 3.05) is 0 Å². The van der Waals surface area contributed by atoms with Crippen molar-refractivity contribution in [3.63, 3.8) is 0 Å². The van der Waals surface area contributed by atoms with Gasteiger partial charge in [0, 0.05) is 12.1 Å². The van der Waals surface area contributed by atoms with Crippen LogP contribution in [0.4, 0.5) is 25.2 Å². The van der Waals surface area contributed by atoms with E-state index in [1.807, 2.05) is 12.1 Å². The predicted molar refractivity (Wildman–Crippen MR) is 58.5 cm³/mol. The van der Waals surface area contributed by atoms with Crippen LogP contribution in [-0.2, 0) is 0 Å². The molecule has 8 heteroatoms. The van der Waals surface area contributed by atoms with Crippen LogP contribution in [0.3, 0.4) is 0 Å². The Balaban J connectivity index is 0.000000203. The Morgan fingerprint density at radius 2 is 1.44 bits per heavy atom. The summed E-state index contributed by atoms with van der Waals surface area (Å²) in [5.74, 6) is 0. The van der Waals surface area contributed by atoms with Gasteiger partial charge in [-0.05, 0) is 30.4 Å². The fraction of sp³-hybridized carbons (Fsp3) is 0.300. The second kappa shape index (κ2) is 4.23. The molecule has 0 amide bonds. The first kappa shape index (κ1) is 15.0. The molecule has 0 aromatic carbocycles. The van der Waals surface area contributed by atoms with Gasteiger partial charge in [-0.25, -0.2) is 4.42 Å². The van der Waals surface area contributed by atoms with Crippen molar-refractivity contribution in [1.82, 2.24) is 0 Å². The number of hydrogen-bond donors (Lipinski definition) is 0. The minimum absolute atomic E-state index is 1.23. The maximum absolute atomic E-state index is 10.7. The Bertz CT molecular complexity index is 424. The van der Waals surface area contributed by atoms with Gasteiger partial charge in [0.1, 0.15) is 0 Å². The average Bonchev–Trinajstić information content (AvgIpc) is 2.67. The summed E-state index contributed by atoms with van der Waals surface area (Å²) >= 11 is 0. The zero-order chi connectivity index (χ0) is 13.9. The number of halogens is 6. The molecule has 1 heterocycles. The van der Waals surface area contributed by atoms with Gasteiger partial charge in [-0.1, -0.05) is 6.08 Å². The molecule has 1 aliphatic rings. The Morgan fingerprint density at radius 3 is 1.83 bits per heavy atom. The Hall–Kier alpha value is -1.10. The van der Waals surface area contributed by atoms with Gasteiger partial charge in [0.15, 0.2) is 0 Å². The first-order valence-corrected chi connectivity index (χ1v) is 7.06. The molecule has 0 unspecified atom stereocenters. The second-order valence-electron chi connectivity index (χ2n) is 3.78. The van der Waals surface area contributed by atoms with Crippen molar-refractivity contribution in [2.45, 2.75) is 19.3 Å². The van der Waals surface area contributed by atoms with E-state index in [9.17, 15) is 25.2 Å². The molecule has 1 aromatic rings. The third-order valence-corrected chi connectivity index (χ3v) is 2.06. The molecule has 18 heavy (non-hydrogen) atoms. The summed E-state index contributed by atoms with van der Waals surface area (Å²) in [5.41, 5.74) is 2.79. The SMILES string of the molecule is C1=C(c2cc[o+]cc2)CCC1.F[P-](F)(F)(F)(F)F. The summed E-state index contributed by atoms with van der Waals surface area (Å²) < 4.78 is 64.1. The zero-order valence-corrected chi connectivity index (χ0v) is 10.0. The van der Waals surface area contributed by atoms with Crippen molar-refractivity contribution in [1.29, 1.82) is 0 Å². The minimum atomic E-state index is -10.7. The van der Waals surface area contributed by atoms with E-state index in [1.165, 1.54) is 30.4 Å². The molecule has 2 rings (SSSR count). The zero-order valence-electron chi connectivity index (χ0n) is 9.13. The first-order chi connectivity index (χ1) is 7.92. The number of hydrogen-bond acceptors (Lipinski definition) is 0. The molecule has 0 fully saturated rings. The van der Waals surface area contributed by atoms with Crippen LogP contribution in [-0.4, -0.2) is 0 Å². The molecule has 0 spiro atoms. The fourth-order valence-corrected chi connectivity index (χ4v) is 1.47. The summed E-state index contributed by atoms with van der Waals surface area (Å²) in [6.07, 6.45) is 9.55. The monoisotopic (exact) mass is 292 g/mol. The van der Waals surface area contributed by atoms with Gasteiger partial charge in [0.25, 0.3) is 0 Å².